The van der Waals surface area contributed by atoms with Crippen molar-refractivity contribution in [2.24, 2.45) is 0 Å². The van der Waals surface area contributed by atoms with E-state index < -0.39 is 0 Å². The topological polar surface area (TPSA) is 12.0 Å². The van der Waals surface area contributed by atoms with Crippen LogP contribution in [-0.2, 0) is 0 Å². The summed E-state index contributed by atoms with van der Waals surface area (Å²) in [6.07, 6.45) is 2.15. The summed E-state index contributed by atoms with van der Waals surface area (Å²) in [5.41, 5.74) is 1.20. The molecule has 15 heavy (non-hydrogen) atoms. The average Bonchev–Trinajstić information content (AvgIpc) is 2.21. The second-order valence-electron chi connectivity index (χ2n) is 3.58. The van der Waals surface area contributed by atoms with Gasteiger partial charge in [-0.3, -0.25) is 0 Å². The average molecular weight is 321 g/mol. The lowest BCUT2D eigenvalue weighted by Crippen LogP contribution is -2.22. The molecule has 0 aromatic heterocycles. The van der Waals surface area contributed by atoms with Crippen LogP contribution < -0.4 is 5.32 Å². The Hall–Kier alpha value is -0.160. The van der Waals surface area contributed by atoms with E-state index in [4.69, 9.17) is 0 Å². The Morgan fingerprint density at radius 2 is 2.13 bits per heavy atom. The molecule has 0 fully saturated rings. The van der Waals surface area contributed by atoms with Crippen molar-refractivity contribution in [3.63, 3.8) is 0 Å². The van der Waals surface area contributed by atoms with Gasteiger partial charge in [-0.05, 0) is 59.7 Å². The normalized spacial score (nSPS) is 12.8. The molecule has 1 nitrogen and oxygen atoms in total. The minimum atomic E-state index is -0.159. The van der Waals surface area contributed by atoms with E-state index in [1.165, 1.54) is 11.6 Å². The second-order valence-corrected chi connectivity index (χ2v) is 4.74. The van der Waals surface area contributed by atoms with Crippen molar-refractivity contribution in [2.75, 3.05) is 6.54 Å². The molecule has 0 bridgehead atoms. The first kappa shape index (κ1) is 12.9. The molecule has 1 N–H and O–H groups in total. The smallest absolute Gasteiger partial charge is 0.124 e. The molecular weight excluding hydrogens is 304 g/mol. The Labute approximate surface area is 105 Å². The number of halogens is 2. The van der Waals surface area contributed by atoms with Gasteiger partial charge in [0.15, 0.2) is 0 Å². The van der Waals surface area contributed by atoms with Crippen molar-refractivity contribution in [3.05, 3.63) is 33.1 Å². The van der Waals surface area contributed by atoms with Crippen LogP contribution in [0.4, 0.5) is 4.39 Å². The zero-order chi connectivity index (χ0) is 11.3. The summed E-state index contributed by atoms with van der Waals surface area (Å²) in [7, 11) is 0. The van der Waals surface area contributed by atoms with E-state index in [0.717, 1.165) is 23.0 Å². The van der Waals surface area contributed by atoms with Crippen LogP contribution in [0.2, 0.25) is 0 Å². The van der Waals surface area contributed by atoms with Crippen LogP contribution in [0.3, 0.4) is 0 Å². The standard InChI is InChI=1S/C12H17FIN/c1-3-7-15-12(4-2)10-6-5-9(13)8-11(10)14/h5-6,8,12,15H,3-4,7H2,1-2H3. The summed E-state index contributed by atoms with van der Waals surface area (Å²) in [5, 5.41) is 3.47. The third-order valence-electron chi connectivity index (χ3n) is 2.39. The fourth-order valence-electron chi connectivity index (χ4n) is 1.58. The molecule has 0 aliphatic heterocycles. The summed E-state index contributed by atoms with van der Waals surface area (Å²) < 4.78 is 13.9. The molecule has 0 amide bonds. The Bertz CT molecular complexity index is 314. The molecule has 1 unspecified atom stereocenters. The number of hydrogen-bond donors (Lipinski definition) is 1. The van der Waals surface area contributed by atoms with Crippen molar-refractivity contribution in [3.8, 4) is 0 Å². The van der Waals surface area contributed by atoms with Crippen LogP contribution in [-0.4, -0.2) is 6.54 Å². The third kappa shape index (κ3) is 3.72. The Kier molecular flexibility index (Phi) is 5.53. The van der Waals surface area contributed by atoms with Gasteiger partial charge in [0.1, 0.15) is 5.82 Å². The zero-order valence-electron chi connectivity index (χ0n) is 9.19. The maximum atomic E-state index is 12.9. The van der Waals surface area contributed by atoms with Gasteiger partial charge in [0.2, 0.25) is 0 Å². The van der Waals surface area contributed by atoms with E-state index in [0.29, 0.717) is 6.04 Å². The van der Waals surface area contributed by atoms with Crippen molar-refractivity contribution >= 4 is 22.6 Å². The zero-order valence-corrected chi connectivity index (χ0v) is 11.3. The lowest BCUT2D eigenvalue weighted by Gasteiger charge is -2.18. The van der Waals surface area contributed by atoms with Gasteiger partial charge in [-0.25, -0.2) is 4.39 Å². The van der Waals surface area contributed by atoms with Crippen LogP contribution >= 0.6 is 22.6 Å². The highest BCUT2D eigenvalue weighted by molar-refractivity contribution is 14.1. The van der Waals surface area contributed by atoms with Crippen molar-refractivity contribution < 1.29 is 4.39 Å². The Balaban J connectivity index is 2.81. The largest absolute Gasteiger partial charge is 0.310 e. The molecule has 0 saturated carbocycles. The summed E-state index contributed by atoms with van der Waals surface area (Å²) in [4.78, 5) is 0. The lowest BCUT2D eigenvalue weighted by molar-refractivity contribution is 0.515. The van der Waals surface area contributed by atoms with Gasteiger partial charge >= 0.3 is 0 Å². The number of benzene rings is 1. The van der Waals surface area contributed by atoms with Gasteiger partial charge in [-0.2, -0.15) is 0 Å². The van der Waals surface area contributed by atoms with E-state index in [1.807, 2.05) is 6.07 Å². The van der Waals surface area contributed by atoms with Gasteiger partial charge in [-0.15, -0.1) is 0 Å². The molecule has 0 saturated heterocycles. The molecule has 0 spiro atoms. The van der Waals surface area contributed by atoms with Crippen LogP contribution in [0.15, 0.2) is 18.2 Å². The molecular formula is C12H17FIN. The van der Waals surface area contributed by atoms with Crippen molar-refractivity contribution in [2.45, 2.75) is 32.7 Å². The molecule has 0 radical (unpaired) electrons. The quantitative estimate of drug-likeness (QED) is 0.812. The fraction of sp³-hybridized carbons (Fsp3) is 0.500. The van der Waals surface area contributed by atoms with E-state index in [2.05, 4.69) is 41.8 Å². The number of rotatable bonds is 5. The molecule has 1 aromatic rings. The Morgan fingerprint density at radius 3 is 2.67 bits per heavy atom. The third-order valence-corrected chi connectivity index (χ3v) is 3.32. The van der Waals surface area contributed by atoms with Gasteiger partial charge in [0.25, 0.3) is 0 Å². The van der Waals surface area contributed by atoms with Crippen LogP contribution in [0.5, 0.6) is 0 Å². The van der Waals surface area contributed by atoms with Gasteiger partial charge in [0, 0.05) is 9.61 Å². The highest BCUT2D eigenvalue weighted by Gasteiger charge is 2.11. The molecule has 3 heteroatoms. The SMILES string of the molecule is CCCNC(CC)c1ccc(F)cc1I. The molecule has 0 aliphatic rings. The van der Waals surface area contributed by atoms with Crippen molar-refractivity contribution in [1.82, 2.24) is 5.32 Å². The van der Waals surface area contributed by atoms with E-state index in [-0.39, 0.29) is 5.82 Å². The molecule has 1 atom stereocenters. The van der Waals surface area contributed by atoms with E-state index in [1.54, 1.807) is 6.07 Å². The van der Waals surface area contributed by atoms with Crippen LogP contribution in [0.1, 0.15) is 38.3 Å². The Morgan fingerprint density at radius 1 is 1.40 bits per heavy atom. The minimum absolute atomic E-state index is 0.159. The second kappa shape index (κ2) is 6.43. The minimum Gasteiger partial charge on any atom is -0.310 e. The maximum absolute atomic E-state index is 12.9. The first-order valence-corrected chi connectivity index (χ1v) is 6.45. The van der Waals surface area contributed by atoms with Crippen LogP contribution in [0.25, 0.3) is 0 Å². The van der Waals surface area contributed by atoms with Gasteiger partial charge < -0.3 is 5.32 Å². The molecule has 84 valence electrons. The lowest BCUT2D eigenvalue weighted by atomic mass is 10.0. The molecule has 1 rings (SSSR count). The van der Waals surface area contributed by atoms with Crippen LogP contribution in [0, 0.1) is 9.39 Å². The monoisotopic (exact) mass is 321 g/mol. The van der Waals surface area contributed by atoms with Gasteiger partial charge in [0.05, 0.1) is 0 Å². The summed E-state index contributed by atoms with van der Waals surface area (Å²) in [6, 6.07) is 5.35. The number of nitrogens with one attached hydrogen (secondary N) is 1. The molecule has 1 aromatic carbocycles. The predicted octanol–water partition coefficient (Wildman–Crippen LogP) is 3.88. The highest BCUT2D eigenvalue weighted by atomic mass is 127. The van der Waals surface area contributed by atoms with Gasteiger partial charge in [-0.1, -0.05) is 19.9 Å². The highest BCUT2D eigenvalue weighted by Crippen LogP contribution is 2.23. The van der Waals surface area contributed by atoms with E-state index in [9.17, 15) is 4.39 Å². The van der Waals surface area contributed by atoms with E-state index >= 15 is 0 Å². The summed E-state index contributed by atoms with van der Waals surface area (Å²) in [6.45, 7) is 5.30. The summed E-state index contributed by atoms with van der Waals surface area (Å²) in [5.74, 6) is -0.159. The van der Waals surface area contributed by atoms with Crippen molar-refractivity contribution in [1.29, 1.82) is 0 Å². The molecule has 0 heterocycles. The first-order valence-electron chi connectivity index (χ1n) is 5.37. The number of hydrogen-bond acceptors (Lipinski definition) is 1. The molecule has 0 aliphatic carbocycles. The predicted molar refractivity (Wildman–Crippen MR) is 70.4 cm³/mol. The fourth-order valence-corrected chi connectivity index (χ4v) is 2.43. The maximum Gasteiger partial charge on any atom is 0.124 e. The first-order chi connectivity index (χ1) is 7.19. The summed E-state index contributed by atoms with van der Waals surface area (Å²) >= 11 is 2.20.